The largest absolute Gasteiger partial charge is 0.481 e. The summed E-state index contributed by atoms with van der Waals surface area (Å²) in [5, 5.41) is 30.9. The fraction of sp³-hybridized carbons (Fsp3) is 0.927. The van der Waals surface area contributed by atoms with Gasteiger partial charge in [0.2, 0.25) is 0 Å². The van der Waals surface area contributed by atoms with Crippen molar-refractivity contribution in [2.45, 2.75) is 192 Å². The molecule has 1 unspecified atom stereocenters. The van der Waals surface area contributed by atoms with Crippen molar-refractivity contribution in [1.29, 1.82) is 0 Å². The van der Waals surface area contributed by atoms with E-state index in [0.29, 0.717) is 19.3 Å². The molecule has 1 saturated carbocycles. The van der Waals surface area contributed by atoms with Crippen LogP contribution in [-0.4, -0.2) is 105 Å². The van der Waals surface area contributed by atoms with Gasteiger partial charge in [-0.25, -0.2) is 0 Å². The lowest BCUT2D eigenvalue weighted by atomic mass is 9.78. The van der Waals surface area contributed by atoms with E-state index >= 15 is 0 Å². The molecule has 13 heteroatoms. The van der Waals surface area contributed by atoms with E-state index in [1.807, 2.05) is 20.8 Å². The van der Waals surface area contributed by atoms with Gasteiger partial charge in [-0.15, -0.1) is 0 Å². The number of aliphatic hydroxyl groups is 2. The van der Waals surface area contributed by atoms with E-state index in [1.165, 1.54) is 6.92 Å². The highest BCUT2D eigenvalue weighted by Crippen LogP contribution is 2.55. The average Bonchev–Trinajstić information content (AvgIpc) is 3.67. The maximum atomic E-state index is 13.1. The van der Waals surface area contributed by atoms with Gasteiger partial charge in [-0.2, -0.15) is 0 Å². The molecular weight excluding hydrogens is 700 g/mol. The maximum absolute atomic E-state index is 13.1. The first kappa shape index (κ1) is 41.8. The minimum absolute atomic E-state index is 0.103. The Hall–Kier alpha value is -1.87. The second-order valence-corrected chi connectivity index (χ2v) is 18.5. The SMILES string of the molecule is CCC(=O)O[C@H]([C@H](C)[C@H]1O[C@@]2(CC[C@@](C)([C@H]3CC[C@@](C)(C4O[C@@H]([C@H]5O[C@@](O)(CO)[C@H](C)C[C@@H]5C)C[C@@H]4C)O3)O2)C[C@H](OC(=O)C2CC2)[C@H]1C)[C@@H](C)C(=O)O. The normalized spacial score (nSPS) is 46.9. The average molecular weight is 767 g/mol. The molecule has 5 aliphatic heterocycles. The van der Waals surface area contributed by atoms with Gasteiger partial charge < -0.3 is 48.5 Å². The summed E-state index contributed by atoms with van der Waals surface area (Å²) in [5.74, 6) is -6.37. The van der Waals surface area contributed by atoms with Crippen LogP contribution >= 0.6 is 0 Å². The van der Waals surface area contributed by atoms with Gasteiger partial charge in [0.15, 0.2) is 11.6 Å². The van der Waals surface area contributed by atoms with Gasteiger partial charge in [0.1, 0.15) is 12.2 Å². The van der Waals surface area contributed by atoms with Gasteiger partial charge in [0, 0.05) is 37.0 Å². The first-order valence-corrected chi connectivity index (χ1v) is 20.6. The molecule has 0 aromatic carbocycles. The van der Waals surface area contributed by atoms with Crippen LogP contribution in [0.2, 0.25) is 0 Å². The first-order valence-electron chi connectivity index (χ1n) is 20.6. The monoisotopic (exact) mass is 766 g/mol. The molecule has 0 radical (unpaired) electrons. The van der Waals surface area contributed by atoms with E-state index in [2.05, 4.69) is 27.7 Å². The van der Waals surface area contributed by atoms with Gasteiger partial charge in [-0.3, -0.25) is 14.4 Å². The van der Waals surface area contributed by atoms with E-state index in [-0.39, 0.29) is 66.4 Å². The molecule has 0 bridgehead atoms. The van der Waals surface area contributed by atoms with Crippen LogP contribution in [0.25, 0.3) is 0 Å². The van der Waals surface area contributed by atoms with Gasteiger partial charge >= 0.3 is 17.9 Å². The van der Waals surface area contributed by atoms with E-state index in [0.717, 1.165) is 38.5 Å². The Balaban J connectivity index is 1.18. The van der Waals surface area contributed by atoms with Gasteiger partial charge in [-0.1, -0.05) is 41.5 Å². The predicted molar refractivity (Wildman–Crippen MR) is 194 cm³/mol. The molecule has 0 aromatic rings. The topological polar surface area (TPSA) is 177 Å². The number of hydrogen-bond donors (Lipinski definition) is 3. The third-order valence-corrected chi connectivity index (χ3v) is 14.1. The Morgan fingerprint density at radius 2 is 1.61 bits per heavy atom. The molecule has 1 aliphatic carbocycles. The third-order valence-electron chi connectivity index (χ3n) is 14.1. The Morgan fingerprint density at radius 3 is 2.24 bits per heavy atom. The van der Waals surface area contributed by atoms with Gasteiger partial charge in [0.25, 0.3) is 0 Å². The number of esters is 2. The van der Waals surface area contributed by atoms with Crippen molar-refractivity contribution >= 4 is 17.9 Å². The Labute approximate surface area is 320 Å². The molecule has 0 aromatic heterocycles. The van der Waals surface area contributed by atoms with E-state index in [4.69, 9.17) is 33.2 Å². The summed E-state index contributed by atoms with van der Waals surface area (Å²) in [4.78, 5) is 37.8. The molecule has 17 atom stereocenters. The highest BCUT2D eigenvalue weighted by Gasteiger charge is 2.62. The molecule has 5 saturated heterocycles. The molecule has 1 spiro atoms. The molecule has 3 N–H and O–H groups in total. The van der Waals surface area contributed by atoms with Crippen molar-refractivity contribution in [3.8, 4) is 0 Å². The van der Waals surface area contributed by atoms with Crippen LogP contribution in [0.1, 0.15) is 127 Å². The Bertz CT molecular complexity index is 1390. The van der Waals surface area contributed by atoms with Crippen LogP contribution in [0.5, 0.6) is 0 Å². The zero-order chi connectivity index (χ0) is 39.5. The molecule has 6 aliphatic rings. The van der Waals surface area contributed by atoms with Gasteiger partial charge in [-0.05, 0) is 77.6 Å². The maximum Gasteiger partial charge on any atom is 0.309 e. The fourth-order valence-electron chi connectivity index (χ4n) is 10.4. The molecule has 6 rings (SSSR count). The number of rotatable bonds is 12. The second-order valence-electron chi connectivity index (χ2n) is 18.5. The number of carboxylic acid groups (broad SMARTS) is 1. The van der Waals surface area contributed by atoms with Crippen LogP contribution < -0.4 is 0 Å². The summed E-state index contributed by atoms with van der Waals surface area (Å²) < 4.78 is 45.9. The van der Waals surface area contributed by atoms with Crippen molar-refractivity contribution in [3.05, 3.63) is 0 Å². The second kappa shape index (κ2) is 15.5. The molecular formula is C41H66O13. The quantitative estimate of drug-likeness (QED) is 0.223. The Kier molecular flexibility index (Phi) is 12.0. The predicted octanol–water partition coefficient (Wildman–Crippen LogP) is 5.15. The first-order chi connectivity index (χ1) is 25.3. The highest BCUT2D eigenvalue weighted by atomic mass is 16.7. The fourth-order valence-corrected chi connectivity index (χ4v) is 10.4. The van der Waals surface area contributed by atoms with E-state index in [1.54, 1.807) is 6.92 Å². The van der Waals surface area contributed by atoms with Gasteiger partial charge in [0.05, 0.1) is 60.2 Å². The highest BCUT2D eigenvalue weighted by molar-refractivity contribution is 5.75. The summed E-state index contributed by atoms with van der Waals surface area (Å²) in [6.45, 7) is 16.9. The van der Waals surface area contributed by atoms with Crippen LogP contribution in [0, 0.1) is 41.4 Å². The molecule has 54 heavy (non-hydrogen) atoms. The number of ether oxygens (including phenoxy) is 7. The van der Waals surface area contributed by atoms with Crippen molar-refractivity contribution in [2.24, 2.45) is 41.4 Å². The third kappa shape index (κ3) is 7.98. The summed E-state index contributed by atoms with van der Waals surface area (Å²) in [6.07, 6.45) is 2.90. The number of carbonyl (C=O) groups is 3. The van der Waals surface area contributed by atoms with Crippen molar-refractivity contribution < 1.29 is 62.9 Å². The Morgan fingerprint density at radius 1 is 0.907 bits per heavy atom. The molecule has 5 heterocycles. The summed E-state index contributed by atoms with van der Waals surface area (Å²) >= 11 is 0. The van der Waals surface area contributed by atoms with Crippen molar-refractivity contribution in [2.75, 3.05) is 6.61 Å². The van der Waals surface area contributed by atoms with Crippen LogP contribution in [0.3, 0.4) is 0 Å². The lowest BCUT2D eigenvalue weighted by Gasteiger charge is -2.49. The summed E-state index contributed by atoms with van der Waals surface area (Å²) in [7, 11) is 0. The van der Waals surface area contributed by atoms with E-state index in [9.17, 15) is 29.7 Å². The lowest BCUT2D eigenvalue weighted by Crippen LogP contribution is -2.58. The smallest absolute Gasteiger partial charge is 0.309 e. The minimum atomic E-state index is -1.59. The van der Waals surface area contributed by atoms with Crippen molar-refractivity contribution in [1.82, 2.24) is 0 Å². The zero-order valence-electron chi connectivity index (χ0n) is 33.8. The summed E-state index contributed by atoms with van der Waals surface area (Å²) in [5.41, 5.74) is -1.35. The summed E-state index contributed by atoms with van der Waals surface area (Å²) in [6, 6.07) is 0. The zero-order valence-corrected chi connectivity index (χ0v) is 33.8. The lowest BCUT2D eigenvalue weighted by molar-refractivity contribution is -0.336. The number of hydrogen-bond acceptors (Lipinski definition) is 12. The standard InChI is InChI=1S/C41H66O13/c1-10-31(43)50-33(26(7)36(44)45)25(6)34-24(5)29(49-37(46)27-11-12-27)19-40(52-34)16-15-38(8,54-40)30-13-14-39(9,51-30)35-22(3)18-28(48-35)32-21(2)17-23(4)41(47,20-42)53-32/h21-30,32-35,42,47H,10-20H2,1-9H3,(H,44,45)/t21-,22-,23+,24+,25-,26+,28+,29-,30+,32-,33+,34-,35?,38-,39-,40+,41-/m0/s1. The molecule has 6 fully saturated rings. The van der Waals surface area contributed by atoms with Crippen LogP contribution in [0.4, 0.5) is 0 Å². The number of aliphatic carboxylic acids is 1. The number of carboxylic acids is 1. The minimum Gasteiger partial charge on any atom is -0.481 e. The molecule has 13 nitrogen and oxygen atoms in total. The van der Waals surface area contributed by atoms with Crippen molar-refractivity contribution in [3.63, 3.8) is 0 Å². The van der Waals surface area contributed by atoms with E-state index < -0.39 is 71.5 Å². The number of aliphatic hydroxyl groups excluding tert-OH is 1. The van der Waals surface area contributed by atoms with Crippen LogP contribution in [0.15, 0.2) is 0 Å². The van der Waals surface area contributed by atoms with Crippen LogP contribution in [-0.2, 0) is 47.5 Å². The molecule has 308 valence electrons. The molecule has 0 amide bonds. The number of carbonyl (C=O) groups excluding carboxylic acids is 2.